The fourth-order valence-corrected chi connectivity index (χ4v) is 11.4. The van der Waals surface area contributed by atoms with Crippen LogP contribution in [0.4, 0.5) is 16.3 Å². The van der Waals surface area contributed by atoms with E-state index in [2.05, 4.69) is 148 Å². The number of pyridine rings is 4. The highest BCUT2D eigenvalue weighted by Gasteiger charge is 2.23. The second-order valence-electron chi connectivity index (χ2n) is 26.1. The molecular weight excluding hydrogens is 1310 g/mol. The van der Waals surface area contributed by atoms with Gasteiger partial charge in [-0.05, 0) is 108 Å². The number of nitrogens with zero attached hydrogens (tertiary/aromatic N) is 20. The van der Waals surface area contributed by atoms with Crippen LogP contribution in [0.3, 0.4) is 0 Å². The average Bonchev–Trinajstić information content (AvgIpc) is 1.29. The number of likely N-dealkylation sites (N-methyl/N-ethyl adjacent to an activating group) is 6. The maximum absolute atomic E-state index is 12.0. The molecule has 0 aromatic carbocycles. The summed E-state index contributed by atoms with van der Waals surface area (Å²) in [4.78, 5) is 117. The van der Waals surface area contributed by atoms with Gasteiger partial charge in [0.25, 0.3) is 0 Å². The summed E-state index contributed by atoms with van der Waals surface area (Å²) in [5.41, 5.74) is 4.81. The summed E-state index contributed by atoms with van der Waals surface area (Å²) in [6, 6.07) is 17.1. The fourth-order valence-electron chi connectivity index (χ4n) is 11.1. The minimum atomic E-state index is -0.103. The Labute approximate surface area is 608 Å². The molecule has 0 saturated carbocycles. The van der Waals surface area contributed by atoms with E-state index in [4.69, 9.17) is 12.2 Å². The first-order valence-electron chi connectivity index (χ1n) is 35.3. The van der Waals surface area contributed by atoms with Crippen molar-refractivity contribution >= 4 is 58.5 Å². The monoisotopic (exact) mass is 1420 g/mol. The molecule has 6 saturated heterocycles. The zero-order valence-electron chi connectivity index (χ0n) is 60.7. The van der Waals surface area contributed by atoms with Crippen molar-refractivity contribution in [3.05, 3.63) is 158 Å². The molecule has 29 nitrogen and oxygen atoms in total. The van der Waals surface area contributed by atoms with Crippen molar-refractivity contribution in [1.29, 1.82) is 0 Å². The number of anilines is 2. The van der Waals surface area contributed by atoms with Crippen LogP contribution in [-0.4, -0.2) is 346 Å². The predicted octanol–water partition coefficient (Wildman–Crippen LogP) is 2.14. The van der Waals surface area contributed by atoms with Gasteiger partial charge in [0.15, 0.2) is 10.9 Å². The SMILES string of the molecule is CN1CCN(C(=O)Cc2ccccn2)CC1.CN1CCN(C(=O)Cc2cccnc2)CC1.CN1CCN(C(=O)Nc2cnccn2)CC1.CN1CCN(C(=S)Nc2cncnc2)CC1.CN1CCN(CCC(=O)NCc2cccnc2)CC1.CN1CCN(CCC(=O)NCc2ccncc2)CC1. The first-order valence-corrected chi connectivity index (χ1v) is 35.8. The molecule has 0 unspecified atom stereocenters. The molecule has 4 N–H and O–H groups in total. The van der Waals surface area contributed by atoms with Gasteiger partial charge in [-0.3, -0.25) is 49.4 Å². The number of nitrogens with one attached hydrogen (secondary N) is 4. The van der Waals surface area contributed by atoms with Crippen LogP contribution in [-0.2, 0) is 45.1 Å². The van der Waals surface area contributed by atoms with Gasteiger partial charge in [0.1, 0.15) is 6.33 Å². The first kappa shape index (κ1) is 80.6. The van der Waals surface area contributed by atoms with Crippen molar-refractivity contribution in [2.75, 3.05) is 223 Å². The zero-order valence-corrected chi connectivity index (χ0v) is 61.5. The van der Waals surface area contributed by atoms with Gasteiger partial charge in [0.05, 0.1) is 37.1 Å². The molecule has 102 heavy (non-hydrogen) atoms. The van der Waals surface area contributed by atoms with Crippen LogP contribution in [0.2, 0.25) is 0 Å². The Morgan fingerprint density at radius 3 is 1.29 bits per heavy atom. The Morgan fingerprint density at radius 1 is 0.382 bits per heavy atom. The van der Waals surface area contributed by atoms with E-state index in [-0.39, 0.29) is 29.7 Å². The van der Waals surface area contributed by atoms with E-state index in [0.717, 1.165) is 203 Å². The zero-order chi connectivity index (χ0) is 72.5. The number of hydrogen-bond donors (Lipinski definition) is 4. The molecule has 6 aliphatic heterocycles. The number of aromatic nitrogens is 8. The van der Waals surface area contributed by atoms with E-state index < -0.39 is 0 Å². The van der Waals surface area contributed by atoms with Crippen molar-refractivity contribution in [3.63, 3.8) is 0 Å². The smallest absolute Gasteiger partial charge is 0.323 e. The van der Waals surface area contributed by atoms with E-state index in [1.807, 2.05) is 64.4 Å². The number of thiocarbonyl (C=S) groups is 1. The molecule has 0 radical (unpaired) electrons. The summed E-state index contributed by atoms with van der Waals surface area (Å²) in [5, 5.41) is 12.5. The van der Waals surface area contributed by atoms with Crippen LogP contribution in [0.5, 0.6) is 0 Å². The van der Waals surface area contributed by atoms with E-state index in [1.165, 1.54) is 12.5 Å². The van der Waals surface area contributed by atoms with Crippen molar-refractivity contribution in [2.24, 2.45) is 0 Å². The number of hydrogen-bond acceptors (Lipinski definition) is 22. The third-order valence-corrected chi connectivity index (χ3v) is 18.4. The van der Waals surface area contributed by atoms with Crippen molar-refractivity contribution in [3.8, 4) is 0 Å². The van der Waals surface area contributed by atoms with Gasteiger partial charge in [-0.15, -0.1) is 0 Å². The third-order valence-electron chi connectivity index (χ3n) is 18.0. The molecule has 6 aromatic heterocycles. The Bertz CT molecular complexity index is 2940. The van der Waals surface area contributed by atoms with Gasteiger partial charge in [-0.25, -0.2) is 19.7 Å². The molecule has 6 aliphatic rings. The van der Waals surface area contributed by atoms with Crippen molar-refractivity contribution in [1.82, 2.24) is 109 Å². The summed E-state index contributed by atoms with van der Waals surface area (Å²) in [5.74, 6) is 1.12. The largest absolute Gasteiger partial charge is 0.352 e. The predicted molar refractivity (Wildman–Crippen MR) is 401 cm³/mol. The van der Waals surface area contributed by atoms with Crippen molar-refractivity contribution in [2.45, 2.75) is 38.8 Å². The second-order valence-corrected chi connectivity index (χ2v) is 26.5. The van der Waals surface area contributed by atoms with Crippen LogP contribution < -0.4 is 21.3 Å². The highest BCUT2D eigenvalue weighted by atomic mass is 32.1. The number of amides is 6. The van der Waals surface area contributed by atoms with Gasteiger partial charge < -0.3 is 74.7 Å². The van der Waals surface area contributed by atoms with Gasteiger partial charge in [0.2, 0.25) is 23.6 Å². The molecule has 0 spiro atoms. The maximum Gasteiger partial charge on any atom is 0.323 e. The standard InChI is InChI=1S/2C14H22N4O.2C12H17N3O.C10H15N5O.C10H15N5S/c1-17-8-10-18(11-9-17)7-4-14(19)16-12-13-2-5-15-6-3-13;1-17-7-9-18(10-8-17)6-4-14(19)16-12-13-3-2-5-15-11-13;1-14-5-7-15(8-6-14)12(16)9-11-3-2-4-13-10-11;1-14-6-8-15(9-7-14)12(16)10-11-4-2-3-5-13-11;1-14-4-6-15(7-5-14)10(16)13-9-8-11-2-3-12-9;1-14-2-4-15(5-3-14)10(16)13-9-6-11-8-12-7-9/h2-3,5-6H,4,7-12H2,1H3,(H,16,19);2-3,5,11H,4,6-10,12H2,1H3,(H,16,19);2-4,10H,5-9H2,1H3;2-5H,6-10H2,1H3;2-3,8H,4-7H2,1H3,(H,12,13,16);6-8H,2-5H2,1H3,(H,13,16). The number of rotatable bonds is 16. The van der Waals surface area contributed by atoms with Crippen LogP contribution in [0, 0.1) is 0 Å². The van der Waals surface area contributed by atoms with Crippen molar-refractivity contribution < 1.29 is 24.0 Å². The van der Waals surface area contributed by atoms with Gasteiger partial charge >= 0.3 is 6.03 Å². The Kier molecular flexibility index (Phi) is 36.3. The minimum Gasteiger partial charge on any atom is -0.352 e. The molecule has 12 rings (SSSR count). The summed E-state index contributed by atoms with van der Waals surface area (Å²) >= 11 is 5.34. The lowest BCUT2D eigenvalue weighted by Crippen LogP contribution is -2.48. The van der Waals surface area contributed by atoms with Crippen LogP contribution in [0.25, 0.3) is 0 Å². The van der Waals surface area contributed by atoms with Gasteiger partial charge in [-0.2, -0.15) is 0 Å². The molecule has 6 fully saturated rings. The first-order chi connectivity index (χ1) is 49.5. The number of piperazine rings is 6. The quantitative estimate of drug-likeness (QED) is 0.101. The highest BCUT2D eigenvalue weighted by Crippen LogP contribution is 2.11. The molecule has 552 valence electrons. The average molecular weight is 1420 g/mol. The van der Waals surface area contributed by atoms with E-state index >= 15 is 0 Å². The summed E-state index contributed by atoms with van der Waals surface area (Å²) < 4.78 is 0. The lowest BCUT2D eigenvalue weighted by atomic mass is 10.2. The highest BCUT2D eigenvalue weighted by molar-refractivity contribution is 7.80. The number of carbonyl (C=O) groups is 5. The number of urea groups is 1. The lowest BCUT2D eigenvalue weighted by molar-refractivity contribution is -0.132. The fraction of sp³-hybridized carbons (Fsp3) is 0.528. The Morgan fingerprint density at radius 2 is 0.833 bits per heavy atom. The molecule has 0 atom stereocenters. The molecule has 6 amide bonds. The topological polar surface area (TPSA) is 275 Å². The van der Waals surface area contributed by atoms with E-state index in [9.17, 15) is 24.0 Å². The Balaban J connectivity index is 0.000000172. The lowest BCUT2D eigenvalue weighted by Gasteiger charge is -2.34. The summed E-state index contributed by atoms with van der Waals surface area (Å²) in [6.45, 7) is 26.1. The van der Waals surface area contributed by atoms with Crippen LogP contribution in [0.15, 0.2) is 135 Å². The summed E-state index contributed by atoms with van der Waals surface area (Å²) in [7, 11) is 12.6. The maximum atomic E-state index is 12.0. The molecule has 0 bridgehead atoms. The third kappa shape index (κ3) is 32.5. The van der Waals surface area contributed by atoms with E-state index in [1.54, 1.807) is 73.1 Å². The molecule has 12 heterocycles. The molecule has 0 aliphatic carbocycles. The molecule has 6 aromatic rings. The van der Waals surface area contributed by atoms with Crippen LogP contribution in [0.1, 0.15) is 35.2 Å². The summed E-state index contributed by atoms with van der Waals surface area (Å²) in [6.07, 6.45) is 23.9. The normalized spacial score (nSPS) is 17.3. The second kappa shape index (κ2) is 46.0. The molecular formula is C72H108N24O5S. The van der Waals surface area contributed by atoms with Gasteiger partial charge in [-0.1, -0.05) is 18.2 Å². The Hall–Kier alpha value is -8.72. The van der Waals surface area contributed by atoms with E-state index in [0.29, 0.717) is 44.6 Å². The number of carbonyl (C=O) groups excluding carboxylic acids is 5. The molecule has 30 heteroatoms. The minimum absolute atomic E-state index is 0.103. The van der Waals surface area contributed by atoms with Gasteiger partial charge in [0, 0.05) is 258 Å². The van der Waals surface area contributed by atoms with Crippen LogP contribution >= 0.6 is 12.2 Å².